The molecule has 0 unspecified atom stereocenters. The van der Waals surface area contributed by atoms with E-state index in [9.17, 15) is 0 Å². The van der Waals surface area contributed by atoms with Gasteiger partial charge in [-0.15, -0.1) is 0 Å². The van der Waals surface area contributed by atoms with Crippen molar-refractivity contribution in [3.63, 3.8) is 0 Å². The lowest BCUT2D eigenvalue weighted by molar-refractivity contribution is 0.118. The van der Waals surface area contributed by atoms with E-state index >= 15 is 0 Å². The van der Waals surface area contributed by atoms with Gasteiger partial charge in [0.2, 0.25) is 0 Å². The van der Waals surface area contributed by atoms with Crippen LogP contribution in [0, 0.1) is 5.92 Å². The third kappa shape index (κ3) is 10.5. The molecule has 0 heterocycles. The molecule has 0 aliphatic carbocycles. The van der Waals surface area contributed by atoms with Crippen LogP contribution in [0.15, 0.2) is 5.16 Å². The molecule has 2 heteroatoms. The quantitative estimate of drug-likeness (QED) is 0.442. The summed E-state index contributed by atoms with van der Waals surface area (Å²) in [5.74, 6) is 0.563. The highest BCUT2D eigenvalue weighted by molar-refractivity contribution is 5.78. The standard InChI is InChI=1S/C7H15NO.CH4/c1-6(2)5-9-8-7(3)4;/h6H,5H2,1-4H3;1H4. The summed E-state index contributed by atoms with van der Waals surface area (Å²) in [6.45, 7) is 8.74. The topological polar surface area (TPSA) is 21.6 Å². The number of rotatable bonds is 3. The summed E-state index contributed by atoms with van der Waals surface area (Å²) in [7, 11) is 0. The Morgan fingerprint density at radius 3 is 2.20 bits per heavy atom. The van der Waals surface area contributed by atoms with Crippen molar-refractivity contribution in [2.24, 2.45) is 11.1 Å². The predicted molar refractivity (Wildman–Crippen MR) is 46.3 cm³/mol. The molecule has 0 saturated heterocycles. The first-order valence-corrected chi connectivity index (χ1v) is 3.26. The maximum absolute atomic E-state index is 4.94. The Labute approximate surface area is 64.3 Å². The van der Waals surface area contributed by atoms with Crippen molar-refractivity contribution >= 4 is 5.71 Å². The van der Waals surface area contributed by atoms with Crippen molar-refractivity contribution in [3.8, 4) is 0 Å². The summed E-state index contributed by atoms with van der Waals surface area (Å²) in [5.41, 5.74) is 0.968. The van der Waals surface area contributed by atoms with Gasteiger partial charge in [-0.2, -0.15) is 0 Å². The predicted octanol–water partition coefficient (Wildman–Crippen LogP) is 2.69. The number of oxime groups is 1. The molecule has 0 atom stereocenters. The first-order valence-electron chi connectivity index (χ1n) is 3.26. The molecule has 10 heavy (non-hydrogen) atoms. The first-order chi connectivity index (χ1) is 4.13. The van der Waals surface area contributed by atoms with E-state index in [4.69, 9.17) is 4.84 Å². The fraction of sp³-hybridized carbons (Fsp3) is 0.875. The minimum Gasteiger partial charge on any atom is -0.396 e. The van der Waals surface area contributed by atoms with Crippen molar-refractivity contribution in [1.29, 1.82) is 0 Å². The molecule has 0 bridgehead atoms. The Kier molecular flexibility index (Phi) is 8.02. The van der Waals surface area contributed by atoms with Gasteiger partial charge < -0.3 is 4.84 Å². The lowest BCUT2D eigenvalue weighted by Crippen LogP contribution is -1.98. The van der Waals surface area contributed by atoms with Crippen molar-refractivity contribution in [1.82, 2.24) is 0 Å². The van der Waals surface area contributed by atoms with Gasteiger partial charge in [0.05, 0.1) is 5.71 Å². The molecule has 0 aromatic carbocycles. The monoisotopic (exact) mass is 145 g/mol. The molecule has 0 aliphatic rings. The summed E-state index contributed by atoms with van der Waals surface area (Å²) in [5, 5.41) is 3.78. The van der Waals surface area contributed by atoms with Crippen LogP contribution in [0.2, 0.25) is 0 Å². The van der Waals surface area contributed by atoms with Gasteiger partial charge in [0.15, 0.2) is 0 Å². The molecule has 62 valence electrons. The third-order valence-corrected chi connectivity index (χ3v) is 0.655. The summed E-state index contributed by atoms with van der Waals surface area (Å²) in [4.78, 5) is 4.94. The van der Waals surface area contributed by atoms with Crippen LogP contribution in [0.4, 0.5) is 0 Å². The Hall–Kier alpha value is -0.530. The highest BCUT2D eigenvalue weighted by Gasteiger charge is 1.90. The van der Waals surface area contributed by atoms with Gasteiger partial charge in [-0.05, 0) is 19.8 Å². The van der Waals surface area contributed by atoms with E-state index < -0.39 is 0 Å². The molecule has 0 amide bonds. The van der Waals surface area contributed by atoms with E-state index in [0.29, 0.717) is 12.5 Å². The van der Waals surface area contributed by atoms with Gasteiger partial charge in [0.25, 0.3) is 0 Å². The fourth-order valence-electron chi connectivity index (χ4n) is 0.315. The van der Waals surface area contributed by atoms with Gasteiger partial charge in [0.1, 0.15) is 6.61 Å². The van der Waals surface area contributed by atoms with E-state index in [1.54, 1.807) is 0 Å². The third-order valence-electron chi connectivity index (χ3n) is 0.655. The van der Waals surface area contributed by atoms with E-state index in [1.165, 1.54) is 0 Å². The van der Waals surface area contributed by atoms with Crippen LogP contribution in [0.25, 0.3) is 0 Å². The van der Waals surface area contributed by atoms with Crippen LogP contribution in [0.5, 0.6) is 0 Å². The molecular formula is C8H19NO. The second-order valence-corrected chi connectivity index (χ2v) is 2.73. The van der Waals surface area contributed by atoms with Crippen LogP contribution in [-0.2, 0) is 4.84 Å². The molecule has 2 nitrogen and oxygen atoms in total. The maximum Gasteiger partial charge on any atom is 0.119 e. The average Bonchev–Trinajstić information content (AvgIpc) is 1.63. The van der Waals surface area contributed by atoms with Gasteiger partial charge in [-0.25, -0.2) is 0 Å². The summed E-state index contributed by atoms with van der Waals surface area (Å²) in [6.07, 6.45) is 0. The van der Waals surface area contributed by atoms with Crippen molar-refractivity contribution < 1.29 is 4.84 Å². The van der Waals surface area contributed by atoms with Crippen LogP contribution in [0.3, 0.4) is 0 Å². The van der Waals surface area contributed by atoms with Gasteiger partial charge in [0, 0.05) is 0 Å². The van der Waals surface area contributed by atoms with Crippen molar-refractivity contribution in [3.05, 3.63) is 0 Å². The van der Waals surface area contributed by atoms with E-state index in [-0.39, 0.29) is 7.43 Å². The first kappa shape index (κ1) is 12.2. The SMILES string of the molecule is C.CC(C)=NOCC(C)C. The molecular weight excluding hydrogens is 126 g/mol. The second-order valence-electron chi connectivity index (χ2n) is 2.73. The van der Waals surface area contributed by atoms with Crippen molar-refractivity contribution in [2.75, 3.05) is 6.61 Å². The highest BCUT2D eigenvalue weighted by atomic mass is 16.6. The minimum absolute atomic E-state index is 0. The Morgan fingerprint density at radius 2 is 1.90 bits per heavy atom. The minimum atomic E-state index is 0. The summed E-state index contributed by atoms with van der Waals surface area (Å²) < 4.78 is 0. The Morgan fingerprint density at radius 1 is 1.40 bits per heavy atom. The van der Waals surface area contributed by atoms with Gasteiger partial charge >= 0.3 is 0 Å². The zero-order chi connectivity index (χ0) is 7.28. The molecule has 0 radical (unpaired) electrons. The molecule has 0 rings (SSSR count). The molecule has 0 aromatic heterocycles. The second kappa shape index (κ2) is 6.59. The lowest BCUT2D eigenvalue weighted by atomic mass is 10.2. The largest absolute Gasteiger partial charge is 0.396 e. The summed E-state index contributed by atoms with van der Waals surface area (Å²) in [6, 6.07) is 0. The Balaban J connectivity index is 0. The van der Waals surface area contributed by atoms with Crippen LogP contribution < -0.4 is 0 Å². The maximum atomic E-state index is 4.94. The van der Waals surface area contributed by atoms with E-state index in [1.807, 2.05) is 13.8 Å². The number of hydrogen-bond donors (Lipinski definition) is 0. The van der Waals surface area contributed by atoms with Crippen LogP contribution in [-0.4, -0.2) is 12.3 Å². The van der Waals surface area contributed by atoms with E-state index in [2.05, 4.69) is 19.0 Å². The van der Waals surface area contributed by atoms with Crippen LogP contribution in [0.1, 0.15) is 35.1 Å². The molecule has 0 aliphatic heterocycles. The zero-order valence-corrected chi connectivity index (χ0v) is 6.64. The fourth-order valence-corrected chi connectivity index (χ4v) is 0.315. The van der Waals surface area contributed by atoms with Gasteiger partial charge in [-0.3, -0.25) is 0 Å². The average molecular weight is 145 g/mol. The molecule has 0 N–H and O–H groups in total. The van der Waals surface area contributed by atoms with Crippen molar-refractivity contribution in [2.45, 2.75) is 35.1 Å². The summed E-state index contributed by atoms with van der Waals surface area (Å²) >= 11 is 0. The Bertz CT molecular complexity index is 93.4. The van der Waals surface area contributed by atoms with Crippen LogP contribution >= 0.6 is 0 Å². The smallest absolute Gasteiger partial charge is 0.119 e. The van der Waals surface area contributed by atoms with Gasteiger partial charge in [-0.1, -0.05) is 26.4 Å². The number of hydrogen-bond acceptors (Lipinski definition) is 2. The molecule has 0 spiro atoms. The number of nitrogens with zero attached hydrogens (tertiary/aromatic N) is 1. The molecule has 0 fully saturated rings. The zero-order valence-electron chi connectivity index (χ0n) is 6.64. The molecule has 0 saturated carbocycles. The lowest BCUT2D eigenvalue weighted by Gasteiger charge is -2.01. The highest BCUT2D eigenvalue weighted by Crippen LogP contribution is 1.92. The molecule has 0 aromatic rings. The normalized spacial score (nSPS) is 8.50. The van der Waals surface area contributed by atoms with E-state index in [0.717, 1.165) is 5.71 Å².